The van der Waals surface area contributed by atoms with Crippen LogP contribution >= 0.6 is 0 Å². The van der Waals surface area contributed by atoms with Crippen molar-refractivity contribution in [2.24, 2.45) is 0 Å². The second-order valence-electron chi connectivity index (χ2n) is 4.13. The molecule has 0 heterocycles. The Kier molecular flexibility index (Phi) is 4.77. The van der Waals surface area contributed by atoms with Crippen LogP contribution in [0.15, 0.2) is 18.2 Å². The Bertz CT molecular complexity index is 334. The van der Waals surface area contributed by atoms with Gasteiger partial charge in [-0.25, -0.2) is 0 Å². The number of aliphatic hydroxyl groups excluding tert-OH is 1. The van der Waals surface area contributed by atoms with Crippen LogP contribution in [0.1, 0.15) is 31.1 Å². The largest absolute Gasteiger partial charge is 0.496 e. The van der Waals surface area contributed by atoms with Crippen molar-refractivity contribution in [2.75, 3.05) is 13.7 Å². The molecule has 0 spiro atoms. The standard InChI is InChI=1S/C13H20O3/c1-9(2)16-8-12(14)11-6-5-10(3)13(7-11)15-4/h5-7,9,12,14H,8H2,1-4H3. The van der Waals surface area contributed by atoms with Gasteiger partial charge in [0, 0.05) is 0 Å². The predicted molar refractivity (Wildman–Crippen MR) is 63.8 cm³/mol. The SMILES string of the molecule is COc1cc(C(O)COC(C)C)ccc1C. The zero-order valence-corrected chi connectivity index (χ0v) is 10.4. The Morgan fingerprint density at radius 3 is 2.56 bits per heavy atom. The number of hydrogen-bond donors (Lipinski definition) is 1. The van der Waals surface area contributed by atoms with E-state index in [9.17, 15) is 5.11 Å². The smallest absolute Gasteiger partial charge is 0.122 e. The highest BCUT2D eigenvalue weighted by Crippen LogP contribution is 2.23. The molecule has 0 bridgehead atoms. The van der Waals surface area contributed by atoms with Crippen LogP contribution in [0.25, 0.3) is 0 Å². The van der Waals surface area contributed by atoms with Gasteiger partial charge in [0.15, 0.2) is 0 Å². The van der Waals surface area contributed by atoms with Crippen LogP contribution in [0, 0.1) is 6.92 Å². The van der Waals surface area contributed by atoms with Crippen molar-refractivity contribution in [2.45, 2.75) is 33.0 Å². The molecule has 0 saturated heterocycles. The molecule has 0 fully saturated rings. The Balaban J connectivity index is 2.72. The van der Waals surface area contributed by atoms with Gasteiger partial charge in [0.05, 0.1) is 19.8 Å². The normalized spacial score (nSPS) is 12.9. The first-order chi connectivity index (χ1) is 7.54. The van der Waals surface area contributed by atoms with E-state index >= 15 is 0 Å². The van der Waals surface area contributed by atoms with E-state index in [0.717, 1.165) is 16.9 Å². The Labute approximate surface area is 97.0 Å². The number of methoxy groups -OCH3 is 1. The van der Waals surface area contributed by atoms with Crippen LogP contribution < -0.4 is 4.74 Å². The van der Waals surface area contributed by atoms with Gasteiger partial charge in [-0.15, -0.1) is 0 Å². The van der Waals surface area contributed by atoms with E-state index in [1.54, 1.807) is 7.11 Å². The van der Waals surface area contributed by atoms with E-state index in [-0.39, 0.29) is 6.10 Å². The third-order valence-electron chi connectivity index (χ3n) is 2.40. The maximum Gasteiger partial charge on any atom is 0.122 e. The summed E-state index contributed by atoms with van der Waals surface area (Å²) in [4.78, 5) is 0. The molecule has 3 heteroatoms. The summed E-state index contributed by atoms with van der Waals surface area (Å²) in [6.45, 7) is 6.17. The van der Waals surface area contributed by atoms with Crippen molar-refractivity contribution in [1.82, 2.24) is 0 Å². The zero-order valence-electron chi connectivity index (χ0n) is 10.4. The van der Waals surface area contributed by atoms with Gasteiger partial charge < -0.3 is 14.6 Å². The number of aryl methyl sites for hydroxylation is 1. The van der Waals surface area contributed by atoms with E-state index in [4.69, 9.17) is 9.47 Å². The van der Waals surface area contributed by atoms with Gasteiger partial charge in [-0.3, -0.25) is 0 Å². The fourth-order valence-electron chi connectivity index (χ4n) is 1.42. The maximum absolute atomic E-state index is 9.90. The quantitative estimate of drug-likeness (QED) is 0.835. The number of aliphatic hydroxyl groups is 1. The summed E-state index contributed by atoms with van der Waals surface area (Å²) in [6.07, 6.45) is -0.473. The molecule has 16 heavy (non-hydrogen) atoms. The molecule has 1 N–H and O–H groups in total. The van der Waals surface area contributed by atoms with E-state index in [1.165, 1.54) is 0 Å². The number of benzene rings is 1. The van der Waals surface area contributed by atoms with Gasteiger partial charge in [0.2, 0.25) is 0 Å². The van der Waals surface area contributed by atoms with Crippen molar-refractivity contribution in [3.8, 4) is 5.75 Å². The van der Waals surface area contributed by atoms with Gasteiger partial charge in [-0.05, 0) is 38.0 Å². The Hall–Kier alpha value is -1.06. The molecule has 0 aliphatic heterocycles. The van der Waals surface area contributed by atoms with Gasteiger partial charge >= 0.3 is 0 Å². The van der Waals surface area contributed by atoms with Crippen LogP contribution in [-0.4, -0.2) is 24.9 Å². The number of hydrogen-bond acceptors (Lipinski definition) is 3. The molecular formula is C13H20O3. The van der Waals surface area contributed by atoms with Crippen LogP contribution in [0.2, 0.25) is 0 Å². The van der Waals surface area contributed by atoms with Crippen LogP contribution in [0.3, 0.4) is 0 Å². The molecule has 0 amide bonds. The highest BCUT2D eigenvalue weighted by atomic mass is 16.5. The molecule has 3 nitrogen and oxygen atoms in total. The summed E-state index contributed by atoms with van der Waals surface area (Å²) in [5.41, 5.74) is 1.88. The van der Waals surface area contributed by atoms with Gasteiger partial charge in [0.1, 0.15) is 11.9 Å². The minimum atomic E-state index is -0.600. The molecule has 0 radical (unpaired) electrons. The summed E-state index contributed by atoms with van der Waals surface area (Å²) in [7, 11) is 1.63. The number of rotatable bonds is 5. The minimum absolute atomic E-state index is 0.127. The Morgan fingerprint density at radius 2 is 2.00 bits per heavy atom. The molecule has 1 aromatic carbocycles. The molecule has 1 aromatic rings. The van der Waals surface area contributed by atoms with E-state index in [1.807, 2.05) is 39.0 Å². The fraction of sp³-hybridized carbons (Fsp3) is 0.538. The molecule has 90 valence electrons. The first-order valence-electron chi connectivity index (χ1n) is 5.48. The lowest BCUT2D eigenvalue weighted by molar-refractivity contribution is 0.00486. The summed E-state index contributed by atoms with van der Waals surface area (Å²) < 4.78 is 10.6. The van der Waals surface area contributed by atoms with Gasteiger partial charge in [0.25, 0.3) is 0 Å². The van der Waals surface area contributed by atoms with E-state index in [0.29, 0.717) is 6.61 Å². The minimum Gasteiger partial charge on any atom is -0.496 e. The highest BCUT2D eigenvalue weighted by molar-refractivity contribution is 5.37. The third kappa shape index (κ3) is 3.51. The van der Waals surface area contributed by atoms with Crippen molar-refractivity contribution in [3.05, 3.63) is 29.3 Å². The summed E-state index contributed by atoms with van der Waals surface area (Å²) in [5.74, 6) is 0.793. The first-order valence-corrected chi connectivity index (χ1v) is 5.48. The van der Waals surface area contributed by atoms with Crippen molar-refractivity contribution in [3.63, 3.8) is 0 Å². The van der Waals surface area contributed by atoms with Crippen LogP contribution in [0.4, 0.5) is 0 Å². The first kappa shape index (κ1) is 13.0. The topological polar surface area (TPSA) is 38.7 Å². The summed E-state index contributed by atoms with van der Waals surface area (Å²) in [5, 5.41) is 9.90. The lowest BCUT2D eigenvalue weighted by Gasteiger charge is -2.15. The van der Waals surface area contributed by atoms with Crippen LogP contribution in [-0.2, 0) is 4.74 Å². The number of ether oxygens (including phenoxy) is 2. The molecule has 0 aromatic heterocycles. The predicted octanol–water partition coefficient (Wildman–Crippen LogP) is 2.46. The lowest BCUT2D eigenvalue weighted by Crippen LogP contribution is -2.12. The monoisotopic (exact) mass is 224 g/mol. The summed E-state index contributed by atoms with van der Waals surface area (Å²) >= 11 is 0. The molecule has 0 aliphatic carbocycles. The zero-order chi connectivity index (χ0) is 12.1. The molecule has 0 saturated carbocycles. The average Bonchev–Trinajstić information content (AvgIpc) is 2.26. The molecule has 0 aliphatic rings. The Morgan fingerprint density at radius 1 is 1.31 bits per heavy atom. The second kappa shape index (κ2) is 5.87. The van der Waals surface area contributed by atoms with Crippen molar-refractivity contribution < 1.29 is 14.6 Å². The highest BCUT2D eigenvalue weighted by Gasteiger charge is 2.10. The average molecular weight is 224 g/mol. The van der Waals surface area contributed by atoms with Gasteiger partial charge in [-0.2, -0.15) is 0 Å². The van der Waals surface area contributed by atoms with E-state index in [2.05, 4.69) is 0 Å². The maximum atomic E-state index is 9.90. The molecule has 1 rings (SSSR count). The fourth-order valence-corrected chi connectivity index (χ4v) is 1.42. The van der Waals surface area contributed by atoms with Crippen molar-refractivity contribution >= 4 is 0 Å². The molecule has 1 atom stereocenters. The van der Waals surface area contributed by atoms with Crippen molar-refractivity contribution in [1.29, 1.82) is 0 Å². The third-order valence-corrected chi connectivity index (χ3v) is 2.40. The molecular weight excluding hydrogens is 204 g/mol. The van der Waals surface area contributed by atoms with Gasteiger partial charge in [-0.1, -0.05) is 12.1 Å². The molecule has 1 unspecified atom stereocenters. The summed E-state index contributed by atoms with van der Waals surface area (Å²) in [6, 6.07) is 5.68. The second-order valence-corrected chi connectivity index (χ2v) is 4.13. The van der Waals surface area contributed by atoms with Crippen LogP contribution in [0.5, 0.6) is 5.75 Å². The van der Waals surface area contributed by atoms with E-state index < -0.39 is 6.10 Å². The lowest BCUT2D eigenvalue weighted by atomic mass is 10.1.